The molecule has 43 heavy (non-hydrogen) atoms. The minimum absolute atomic E-state index is 0.826. The molecule has 0 unspecified atom stereocenters. The average molecular weight is 809 g/mol. The summed E-state index contributed by atoms with van der Waals surface area (Å²) < 4.78 is 0. The fourth-order valence-electron chi connectivity index (χ4n) is 4.84. The summed E-state index contributed by atoms with van der Waals surface area (Å²) in [5.41, 5.74) is 0. The van der Waals surface area contributed by atoms with Gasteiger partial charge in [-0.15, -0.1) is 0 Å². The van der Waals surface area contributed by atoms with Crippen molar-refractivity contribution in [1.29, 1.82) is 0 Å². The quantitative estimate of drug-likeness (QED) is 0.193. The number of rotatable bonds is 10. The second-order valence-corrected chi connectivity index (χ2v) is 17.5. The SMILES string of the molecule is [CH]1[CH][CH][C](CCCCCCCCC[C]2[CH][CH][CH][CH]2)[CH]1.[CH]1[CH][C]2C=CC=C[C]2[CH]1.[CH]1[CH][C]2C=CC=C[C]2[CH]1.[Cl][Zr+2][Cl].[Cl][Zr+2][Cl]. The van der Waals surface area contributed by atoms with Gasteiger partial charge in [0, 0.05) is 23.7 Å². The van der Waals surface area contributed by atoms with E-state index in [9.17, 15) is 0 Å². The molecule has 6 heteroatoms. The summed E-state index contributed by atoms with van der Waals surface area (Å²) in [7, 11) is 19.7. The molecule has 0 aromatic rings. The molecule has 6 rings (SSSR count). The third-order valence-electron chi connectivity index (χ3n) is 6.99. The number of halogens is 4. The van der Waals surface area contributed by atoms with Crippen molar-refractivity contribution in [3.05, 3.63) is 174 Å². The Balaban J connectivity index is 0.000000223. The van der Waals surface area contributed by atoms with Crippen LogP contribution in [-0.4, -0.2) is 0 Å². The van der Waals surface area contributed by atoms with Crippen molar-refractivity contribution in [3.8, 4) is 0 Å². The van der Waals surface area contributed by atoms with E-state index < -0.39 is 41.7 Å². The Hall–Kier alpha value is 1.89. The van der Waals surface area contributed by atoms with Crippen LogP contribution in [0.4, 0.5) is 0 Å². The molecule has 0 aromatic heterocycles. The van der Waals surface area contributed by atoms with Crippen molar-refractivity contribution < 1.29 is 41.7 Å². The van der Waals surface area contributed by atoms with Gasteiger partial charge < -0.3 is 0 Å². The zero-order chi connectivity index (χ0) is 30.8. The van der Waals surface area contributed by atoms with E-state index in [1.807, 2.05) is 0 Å². The van der Waals surface area contributed by atoms with Gasteiger partial charge in [-0.25, -0.2) is 0 Å². The molecule has 0 saturated heterocycles. The fourth-order valence-corrected chi connectivity index (χ4v) is 4.84. The number of unbranched alkanes of at least 4 members (excludes halogenated alkanes) is 6. The van der Waals surface area contributed by atoms with Crippen LogP contribution in [-0.2, 0) is 41.7 Å². The monoisotopic (exact) mass is 804 g/mol. The van der Waals surface area contributed by atoms with Gasteiger partial charge in [0.1, 0.15) is 0 Å². The van der Waals surface area contributed by atoms with Crippen LogP contribution in [0.25, 0.3) is 0 Å². The Bertz CT molecular complexity index is 658. The third kappa shape index (κ3) is 20.1. The van der Waals surface area contributed by atoms with E-state index >= 15 is 0 Å². The Morgan fingerprint density at radius 2 is 0.605 bits per heavy atom. The molecule has 4 fully saturated rings. The molecule has 0 N–H and O–H groups in total. The van der Waals surface area contributed by atoms with Crippen LogP contribution in [0.5, 0.6) is 0 Å². The molecule has 0 bridgehead atoms. The van der Waals surface area contributed by atoms with Gasteiger partial charge in [-0.2, -0.15) is 0 Å². The van der Waals surface area contributed by atoms with Crippen LogP contribution in [0.15, 0.2) is 48.6 Å². The van der Waals surface area contributed by atoms with Crippen LogP contribution in [0.2, 0.25) is 0 Å². The summed E-state index contributed by atoms with van der Waals surface area (Å²) in [5, 5.41) is 0. The first kappa shape index (κ1) is 41.1. The fraction of sp³-hybridized carbons (Fsp3) is 0.243. The summed E-state index contributed by atoms with van der Waals surface area (Å²) in [5.74, 6) is 8.34. The summed E-state index contributed by atoms with van der Waals surface area (Å²) >= 11 is -1.65. The summed E-state index contributed by atoms with van der Waals surface area (Å²) in [6.45, 7) is 0. The van der Waals surface area contributed by atoms with E-state index in [-0.39, 0.29) is 0 Å². The first-order valence-electron chi connectivity index (χ1n) is 14.8. The predicted octanol–water partition coefficient (Wildman–Crippen LogP) is 11.8. The van der Waals surface area contributed by atoms with E-state index in [1.54, 1.807) is 0 Å². The normalized spacial score (nSPS) is 21.3. The zero-order valence-corrected chi connectivity index (χ0v) is 32.5. The van der Waals surface area contributed by atoms with Crippen molar-refractivity contribution in [1.82, 2.24) is 0 Å². The summed E-state index contributed by atoms with van der Waals surface area (Å²) in [4.78, 5) is 0. The summed E-state index contributed by atoms with van der Waals surface area (Å²) in [6, 6.07) is 0. The molecular weight excluding hydrogens is 769 g/mol. The summed E-state index contributed by atoms with van der Waals surface area (Å²) in [6.07, 6.45) is 59.2. The van der Waals surface area contributed by atoms with Crippen molar-refractivity contribution in [2.45, 2.75) is 57.8 Å². The molecule has 0 nitrogen and oxygen atoms in total. The Labute approximate surface area is 304 Å². The maximum atomic E-state index is 4.93. The van der Waals surface area contributed by atoms with Crippen molar-refractivity contribution >= 4 is 34.1 Å². The molecule has 6 aliphatic rings. The number of hydrogen-bond acceptors (Lipinski definition) is 0. The van der Waals surface area contributed by atoms with Crippen LogP contribution < -0.4 is 0 Å². The Morgan fingerprint density at radius 3 is 0.884 bits per heavy atom. The zero-order valence-electron chi connectivity index (χ0n) is 24.6. The molecule has 4 saturated carbocycles. The van der Waals surface area contributed by atoms with E-state index in [2.05, 4.69) is 138 Å². The van der Waals surface area contributed by atoms with Crippen LogP contribution in [0.3, 0.4) is 0 Å². The first-order valence-corrected chi connectivity index (χ1v) is 27.4. The molecule has 220 valence electrons. The second-order valence-electron chi connectivity index (χ2n) is 10.0. The molecule has 0 spiro atoms. The van der Waals surface area contributed by atoms with Gasteiger partial charge in [-0.1, -0.05) is 93.6 Å². The van der Waals surface area contributed by atoms with Gasteiger partial charge in [-0.3, -0.25) is 0 Å². The van der Waals surface area contributed by atoms with Crippen molar-refractivity contribution in [2.24, 2.45) is 0 Å². The molecule has 0 aromatic carbocycles. The maximum absolute atomic E-state index is 4.93. The van der Waals surface area contributed by atoms with Gasteiger partial charge >= 0.3 is 75.7 Å². The van der Waals surface area contributed by atoms with E-state index in [0.717, 1.165) is 0 Å². The van der Waals surface area contributed by atoms with Gasteiger partial charge in [0.05, 0.1) is 0 Å². The van der Waals surface area contributed by atoms with Gasteiger partial charge in [0.15, 0.2) is 0 Å². The van der Waals surface area contributed by atoms with E-state index in [1.165, 1.54) is 93.3 Å². The topological polar surface area (TPSA) is 0 Å². The second kappa shape index (κ2) is 28.9. The molecule has 0 amide bonds. The molecule has 0 aliphatic heterocycles. The predicted molar refractivity (Wildman–Crippen MR) is 181 cm³/mol. The number of hydrogen-bond donors (Lipinski definition) is 0. The first-order chi connectivity index (χ1) is 21.2. The van der Waals surface area contributed by atoms with Crippen molar-refractivity contribution in [3.63, 3.8) is 0 Å². The van der Waals surface area contributed by atoms with Crippen LogP contribution in [0.1, 0.15) is 57.8 Å². The van der Waals surface area contributed by atoms with Crippen LogP contribution >= 0.6 is 34.1 Å². The Kier molecular flexibility index (Phi) is 27.6. The third-order valence-corrected chi connectivity index (χ3v) is 6.99. The molecule has 0 heterocycles. The average Bonchev–Trinajstić information content (AvgIpc) is 3.86. The van der Waals surface area contributed by atoms with E-state index in [0.29, 0.717) is 0 Å². The molecule has 20 radical (unpaired) electrons. The van der Waals surface area contributed by atoms with Gasteiger partial charge in [0.25, 0.3) is 0 Å². The van der Waals surface area contributed by atoms with Crippen molar-refractivity contribution in [2.75, 3.05) is 0 Å². The molecular formula is C37H40Cl4Zr2+4. The minimum atomic E-state index is -0.826. The number of fused-ring (bicyclic) bond motifs is 2. The molecule has 0 atom stereocenters. The molecule has 6 aliphatic carbocycles. The van der Waals surface area contributed by atoms with Gasteiger partial charge in [-0.05, 0) is 115 Å². The van der Waals surface area contributed by atoms with Crippen LogP contribution in [0, 0.1) is 125 Å². The number of allylic oxidation sites excluding steroid dienone is 8. The Morgan fingerprint density at radius 1 is 0.349 bits per heavy atom. The van der Waals surface area contributed by atoms with E-state index in [4.69, 9.17) is 34.1 Å². The standard InChI is InChI=1S/C19H26.2C9H7.4ClH.2Zr/c1(2-4-6-12-18-14-8-9-15-18)3-5-7-13-19-16-10-11-17-19;2*1-2-5-9-7-3-6-8(9)4-1;;;;;;/h8-11,14-17H,1-7,12-13H2;2*1-7H;4*1H;;/q;;;;;;;2*+4/p-4. The van der Waals surface area contributed by atoms with Gasteiger partial charge in [0.2, 0.25) is 0 Å².